The van der Waals surface area contributed by atoms with E-state index in [2.05, 4.69) is 20.3 Å². The van der Waals surface area contributed by atoms with E-state index in [-0.39, 0.29) is 5.91 Å². The maximum atomic E-state index is 12.2. The number of aromatic nitrogens is 3. The van der Waals surface area contributed by atoms with Crippen LogP contribution in [-0.4, -0.2) is 20.9 Å². The minimum absolute atomic E-state index is 0.178. The van der Waals surface area contributed by atoms with Gasteiger partial charge in [0.2, 0.25) is 0 Å². The molecule has 3 N–H and O–H groups in total. The van der Waals surface area contributed by atoms with Gasteiger partial charge in [-0.2, -0.15) is 0 Å². The summed E-state index contributed by atoms with van der Waals surface area (Å²) in [7, 11) is 0. The molecule has 0 unspecified atom stereocenters. The summed E-state index contributed by atoms with van der Waals surface area (Å²) < 4.78 is 4.94. The van der Waals surface area contributed by atoms with Crippen LogP contribution in [0.3, 0.4) is 0 Å². The van der Waals surface area contributed by atoms with Crippen molar-refractivity contribution in [3.05, 3.63) is 64.4 Å². The Morgan fingerprint density at radius 2 is 2.09 bits per heavy atom. The fourth-order valence-corrected chi connectivity index (χ4v) is 2.47. The molecule has 7 nitrogen and oxygen atoms in total. The molecule has 7 heteroatoms. The zero-order chi connectivity index (χ0) is 15.8. The lowest BCUT2D eigenvalue weighted by Crippen LogP contribution is -2.22. The van der Waals surface area contributed by atoms with Gasteiger partial charge in [0.25, 0.3) is 5.91 Å². The summed E-state index contributed by atoms with van der Waals surface area (Å²) in [5.41, 5.74) is 4.16. The van der Waals surface area contributed by atoms with Crippen molar-refractivity contribution >= 4 is 28.0 Å². The van der Waals surface area contributed by atoms with Gasteiger partial charge in [-0.15, -0.1) is 0 Å². The summed E-state index contributed by atoms with van der Waals surface area (Å²) in [6.45, 7) is 0.350. The van der Waals surface area contributed by atoms with Crippen molar-refractivity contribution in [3.8, 4) is 0 Å². The van der Waals surface area contributed by atoms with Crippen LogP contribution in [0.15, 0.2) is 51.9 Å². The Bertz CT molecular complexity index is 1070. The molecule has 4 rings (SSSR count). The Morgan fingerprint density at radius 3 is 3.00 bits per heavy atom. The molecule has 0 aliphatic rings. The number of imidazole rings is 1. The van der Waals surface area contributed by atoms with Crippen LogP contribution in [-0.2, 0) is 6.54 Å². The number of fused-ring (bicyclic) bond motifs is 2. The molecule has 114 valence electrons. The van der Waals surface area contributed by atoms with Gasteiger partial charge in [-0.05, 0) is 35.9 Å². The normalized spacial score (nSPS) is 11.1. The average molecular weight is 308 g/mol. The quantitative estimate of drug-likeness (QED) is 0.538. The molecule has 0 saturated carbocycles. The number of hydrogen-bond acceptors (Lipinski definition) is 4. The molecular formula is C16H12N4O3. The van der Waals surface area contributed by atoms with E-state index in [9.17, 15) is 9.59 Å². The van der Waals surface area contributed by atoms with Crippen LogP contribution in [0, 0.1) is 0 Å². The van der Waals surface area contributed by atoms with Crippen molar-refractivity contribution in [1.29, 1.82) is 0 Å². The van der Waals surface area contributed by atoms with E-state index in [1.807, 2.05) is 0 Å². The second-order valence-corrected chi connectivity index (χ2v) is 5.16. The Labute approximate surface area is 129 Å². The monoisotopic (exact) mass is 308 g/mol. The van der Waals surface area contributed by atoms with Gasteiger partial charge in [-0.1, -0.05) is 6.07 Å². The van der Waals surface area contributed by atoms with E-state index in [1.165, 1.54) is 0 Å². The molecule has 4 aromatic rings. The highest BCUT2D eigenvalue weighted by atomic mass is 16.4. The molecule has 0 atom stereocenters. The molecular weight excluding hydrogens is 296 g/mol. The van der Waals surface area contributed by atoms with Crippen LogP contribution in [0.1, 0.15) is 15.9 Å². The van der Waals surface area contributed by atoms with Crippen molar-refractivity contribution in [3.63, 3.8) is 0 Å². The van der Waals surface area contributed by atoms with Crippen molar-refractivity contribution in [2.75, 3.05) is 0 Å². The number of hydrogen-bond donors (Lipinski definition) is 3. The lowest BCUT2D eigenvalue weighted by molar-refractivity contribution is 0.0951. The fourth-order valence-electron chi connectivity index (χ4n) is 2.47. The highest BCUT2D eigenvalue weighted by Gasteiger charge is 2.08. The third kappa shape index (κ3) is 2.48. The summed E-state index contributed by atoms with van der Waals surface area (Å²) in [5, 5.41) is 2.85. The largest absolute Gasteiger partial charge is 0.417 e. The van der Waals surface area contributed by atoms with Gasteiger partial charge in [0, 0.05) is 12.1 Å². The van der Waals surface area contributed by atoms with Gasteiger partial charge >= 0.3 is 5.76 Å². The molecule has 0 spiro atoms. The number of H-pyrrole nitrogens is 2. The molecule has 2 heterocycles. The Balaban J connectivity index is 1.52. The molecule has 2 aromatic carbocycles. The zero-order valence-corrected chi connectivity index (χ0v) is 11.9. The van der Waals surface area contributed by atoms with E-state index in [1.54, 1.807) is 42.7 Å². The first kappa shape index (κ1) is 13.3. The number of carbonyl (C=O) groups is 1. The van der Waals surface area contributed by atoms with Crippen LogP contribution in [0.4, 0.5) is 0 Å². The van der Waals surface area contributed by atoms with Gasteiger partial charge in [0.05, 0.1) is 22.9 Å². The lowest BCUT2D eigenvalue weighted by atomic mass is 10.1. The molecule has 0 fully saturated rings. The molecule has 2 aromatic heterocycles. The third-order valence-corrected chi connectivity index (χ3v) is 3.62. The molecule has 0 radical (unpaired) electrons. The van der Waals surface area contributed by atoms with Crippen LogP contribution in [0.5, 0.6) is 0 Å². The molecule has 23 heavy (non-hydrogen) atoms. The highest BCUT2D eigenvalue weighted by molar-refractivity contribution is 5.97. The van der Waals surface area contributed by atoms with Crippen LogP contribution in [0.25, 0.3) is 22.1 Å². The lowest BCUT2D eigenvalue weighted by Gasteiger charge is -2.05. The van der Waals surface area contributed by atoms with Crippen molar-refractivity contribution in [2.24, 2.45) is 0 Å². The molecule has 0 saturated heterocycles. The van der Waals surface area contributed by atoms with Crippen LogP contribution in [0.2, 0.25) is 0 Å². The topological polar surface area (TPSA) is 104 Å². The number of nitrogens with one attached hydrogen (secondary N) is 3. The maximum absolute atomic E-state index is 12.2. The first-order valence-electron chi connectivity index (χ1n) is 7.02. The third-order valence-electron chi connectivity index (χ3n) is 3.62. The summed E-state index contributed by atoms with van der Waals surface area (Å²) in [5.74, 6) is -0.670. The van der Waals surface area contributed by atoms with Gasteiger partial charge < -0.3 is 14.7 Å². The van der Waals surface area contributed by atoms with Crippen LogP contribution < -0.4 is 11.1 Å². The predicted octanol–water partition coefficient (Wildman–Crippen LogP) is 1.93. The molecule has 0 aliphatic heterocycles. The summed E-state index contributed by atoms with van der Waals surface area (Å²) in [4.78, 5) is 33.0. The Morgan fingerprint density at radius 1 is 1.17 bits per heavy atom. The Hall–Kier alpha value is -3.35. The first-order valence-corrected chi connectivity index (χ1v) is 7.02. The van der Waals surface area contributed by atoms with Crippen LogP contribution >= 0.6 is 0 Å². The SMILES string of the molecule is O=C(NCc1ccc2oc(=O)[nH]c2c1)c1ccc2nc[nH]c2c1. The van der Waals surface area contributed by atoms with E-state index < -0.39 is 5.76 Å². The number of nitrogens with zero attached hydrogens (tertiary/aromatic N) is 1. The van der Waals surface area contributed by atoms with E-state index >= 15 is 0 Å². The van der Waals surface area contributed by atoms with Gasteiger partial charge in [-0.25, -0.2) is 9.78 Å². The number of benzene rings is 2. The van der Waals surface area contributed by atoms with E-state index in [0.29, 0.717) is 23.2 Å². The number of rotatable bonds is 3. The Kier molecular flexibility index (Phi) is 2.97. The second kappa shape index (κ2) is 5.13. The number of amides is 1. The second-order valence-electron chi connectivity index (χ2n) is 5.16. The number of aromatic amines is 2. The van der Waals surface area contributed by atoms with Crippen molar-refractivity contribution in [1.82, 2.24) is 20.3 Å². The van der Waals surface area contributed by atoms with Gasteiger partial charge in [-0.3, -0.25) is 9.78 Å². The van der Waals surface area contributed by atoms with E-state index in [4.69, 9.17) is 4.42 Å². The average Bonchev–Trinajstić information content (AvgIpc) is 3.16. The standard InChI is InChI=1S/C16H12N4O3/c21-15(10-2-3-11-12(6-10)19-8-18-11)17-7-9-1-4-14-13(5-9)20-16(22)23-14/h1-6,8H,7H2,(H,17,21)(H,18,19)(H,20,22). The van der Waals surface area contributed by atoms with Crippen molar-refractivity contribution in [2.45, 2.75) is 6.54 Å². The smallest absolute Gasteiger partial charge is 0.408 e. The van der Waals surface area contributed by atoms with Crippen molar-refractivity contribution < 1.29 is 9.21 Å². The fraction of sp³-hybridized carbons (Fsp3) is 0.0625. The maximum Gasteiger partial charge on any atom is 0.417 e. The van der Waals surface area contributed by atoms with Gasteiger partial charge in [0.15, 0.2) is 5.58 Å². The molecule has 1 amide bonds. The predicted molar refractivity (Wildman–Crippen MR) is 84.1 cm³/mol. The summed E-state index contributed by atoms with van der Waals surface area (Å²) in [6, 6.07) is 10.6. The molecule has 0 aliphatic carbocycles. The number of oxazole rings is 1. The number of carbonyl (C=O) groups excluding carboxylic acids is 1. The van der Waals surface area contributed by atoms with E-state index in [0.717, 1.165) is 16.6 Å². The zero-order valence-electron chi connectivity index (χ0n) is 11.9. The molecule has 0 bridgehead atoms. The summed E-state index contributed by atoms with van der Waals surface area (Å²) in [6.07, 6.45) is 1.59. The minimum atomic E-state index is -0.492. The van der Waals surface area contributed by atoms with Gasteiger partial charge in [0.1, 0.15) is 0 Å². The highest BCUT2D eigenvalue weighted by Crippen LogP contribution is 2.13. The first-order chi connectivity index (χ1) is 11.2. The minimum Gasteiger partial charge on any atom is -0.408 e. The summed E-state index contributed by atoms with van der Waals surface area (Å²) >= 11 is 0.